The number of esters is 1. The molecule has 33 heavy (non-hydrogen) atoms. The molecule has 13 heteroatoms. The van der Waals surface area contributed by atoms with Crippen molar-refractivity contribution in [3.8, 4) is 11.5 Å². The number of nitrogens with one attached hydrogen (secondary N) is 1. The second kappa shape index (κ2) is 11.7. The van der Waals surface area contributed by atoms with Crippen LogP contribution < -0.4 is 14.1 Å². The summed E-state index contributed by atoms with van der Waals surface area (Å²) in [5.74, 6) is -13.8. The average molecular weight is 513 g/mol. The van der Waals surface area contributed by atoms with E-state index in [1.54, 1.807) is 12.1 Å². The Balaban J connectivity index is 2.35. The monoisotopic (exact) mass is 513 g/mol. The molecule has 0 bridgehead atoms. The fraction of sp³-hybridized carbons (Fsp3) is 0.350. The molecule has 0 saturated heterocycles. The Labute approximate surface area is 191 Å². The number of thioether (sulfide) groups is 1. The van der Waals surface area contributed by atoms with Gasteiger partial charge in [-0.3, -0.25) is 4.79 Å². The summed E-state index contributed by atoms with van der Waals surface area (Å²) in [5.41, 5.74) is 0. The van der Waals surface area contributed by atoms with Crippen LogP contribution >= 0.6 is 19.5 Å². The van der Waals surface area contributed by atoms with Crippen molar-refractivity contribution in [2.75, 3.05) is 12.3 Å². The van der Waals surface area contributed by atoms with E-state index in [9.17, 15) is 31.3 Å². The first kappa shape index (κ1) is 26.9. The van der Waals surface area contributed by atoms with E-state index in [1.807, 2.05) is 12.0 Å². The highest BCUT2D eigenvalue weighted by atomic mass is 32.2. The maximum absolute atomic E-state index is 14.1. The molecule has 0 radical (unpaired) electrons. The van der Waals surface area contributed by atoms with Gasteiger partial charge in [0.05, 0.1) is 6.10 Å². The van der Waals surface area contributed by atoms with Crippen molar-refractivity contribution in [2.24, 2.45) is 0 Å². The van der Waals surface area contributed by atoms with E-state index in [0.717, 1.165) is 17.1 Å². The molecule has 0 unspecified atom stereocenters. The molecule has 1 N–H and O–H groups in total. The van der Waals surface area contributed by atoms with Gasteiger partial charge in [0.15, 0.2) is 0 Å². The summed E-state index contributed by atoms with van der Waals surface area (Å²) >= 11 is 1.53. The number of hydrogen-bond acceptors (Lipinski definition) is 6. The van der Waals surface area contributed by atoms with Gasteiger partial charge in [-0.05, 0) is 50.3 Å². The quantitative estimate of drug-likeness (QED) is 0.0988. The molecule has 182 valence electrons. The molecule has 1 atom stereocenters. The first-order chi connectivity index (χ1) is 15.5. The molecule has 0 saturated carbocycles. The van der Waals surface area contributed by atoms with Crippen molar-refractivity contribution in [1.82, 2.24) is 5.09 Å². The average Bonchev–Trinajstić information content (AvgIpc) is 2.77. The summed E-state index contributed by atoms with van der Waals surface area (Å²) in [6, 6.07) is 5.93. The van der Waals surface area contributed by atoms with Crippen LogP contribution in [-0.4, -0.2) is 24.4 Å². The standard InChI is InChI=1S/C20H21F5NO5PS/c1-4-9-33-13-7-5-12(6-8-13)30-32(28,26-10-14(27)29-11(2)3)31-20-18(24)16(22)15(21)17(23)19(20)25/h5-8,11H,4,9-10H2,1-3H3,(H,26,28)/t32-/m0/s1. The second-order valence-corrected chi connectivity index (χ2v) is 9.62. The van der Waals surface area contributed by atoms with Crippen LogP contribution in [0.5, 0.6) is 11.5 Å². The van der Waals surface area contributed by atoms with E-state index >= 15 is 0 Å². The Morgan fingerprint density at radius 3 is 2.03 bits per heavy atom. The van der Waals surface area contributed by atoms with E-state index in [4.69, 9.17) is 9.26 Å². The van der Waals surface area contributed by atoms with Crippen LogP contribution in [0.1, 0.15) is 27.2 Å². The fourth-order valence-corrected chi connectivity index (χ4v) is 4.35. The highest BCUT2D eigenvalue weighted by Crippen LogP contribution is 2.47. The topological polar surface area (TPSA) is 73.9 Å². The van der Waals surface area contributed by atoms with Crippen LogP contribution in [-0.2, 0) is 14.1 Å². The molecule has 0 amide bonds. The van der Waals surface area contributed by atoms with E-state index in [1.165, 1.54) is 37.7 Å². The highest BCUT2D eigenvalue weighted by Gasteiger charge is 2.36. The van der Waals surface area contributed by atoms with Crippen molar-refractivity contribution >= 4 is 25.5 Å². The van der Waals surface area contributed by atoms with Crippen LogP contribution in [0.15, 0.2) is 29.2 Å². The van der Waals surface area contributed by atoms with Crippen molar-refractivity contribution < 1.29 is 45.1 Å². The zero-order valence-electron chi connectivity index (χ0n) is 17.8. The van der Waals surface area contributed by atoms with Gasteiger partial charge in [0.25, 0.3) is 0 Å². The lowest BCUT2D eigenvalue weighted by Crippen LogP contribution is -2.28. The molecule has 0 aromatic heterocycles. The predicted octanol–water partition coefficient (Wildman–Crippen LogP) is 5.99. The van der Waals surface area contributed by atoms with Crippen LogP contribution in [0.4, 0.5) is 22.0 Å². The van der Waals surface area contributed by atoms with Crippen molar-refractivity contribution in [1.29, 1.82) is 0 Å². The SMILES string of the molecule is CCCSc1ccc(O[P@@](=O)(NCC(=O)OC(C)C)Oc2c(F)c(F)c(F)c(F)c2F)cc1. The smallest absolute Gasteiger partial charge is 0.462 e. The van der Waals surface area contributed by atoms with Gasteiger partial charge < -0.3 is 13.8 Å². The summed E-state index contributed by atoms with van der Waals surface area (Å²) in [5, 5.41) is 2.01. The lowest BCUT2D eigenvalue weighted by Gasteiger charge is -2.21. The normalized spacial score (nSPS) is 13.0. The maximum atomic E-state index is 14.1. The number of ether oxygens (including phenoxy) is 1. The summed E-state index contributed by atoms with van der Waals surface area (Å²) < 4.78 is 96.4. The molecule has 0 aliphatic rings. The minimum absolute atomic E-state index is 0.118. The summed E-state index contributed by atoms with van der Waals surface area (Å²) in [6.45, 7) is 4.26. The number of carbonyl (C=O) groups excluding carboxylic acids is 1. The molecular weight excluding hydrogens is 492 g/mol. The minimum Gasteiger partial charge on any atom is -0.462 e. The molecule has 6 nitrogen and oxygen atoms in total. The van der Waals surface area contributed by atoms with Crippen LogP contribution in [0.25, 0.3) is 0 Å². The van der Waals surface area contributed by atoms with E-state index < -0.39 is 61.2 Å². The van der Waals surface area contributed by atoms with Crippen LogP contribution in [0.2, 0.25) is 0 Å². The Morgan fingerprint density at radius 2 is 1.52 bits per heavy atom. The lowest BCUT2D eigenvalue weighted by atomic mass is 10.3. The Morgan fingerprint density at radius 1 is 0.970 bits per heavy atom. The molecule has 0 fully saturated rings. The second-order valence-electron chi connectivity index (χ2n) is 6.77. The Bertz CT molecular complexity index is 1010. The third kappa shape index (κ3) is 7.35. The highest BCUT2D eigenvalue weighted by molar-refractivity contribution is 7.99. The Kier molecular flexibility index (Phi) is 9.57. The first-order valence-corrected chi connectivity index (χ1v) is 12.2. The van der Waals surface area contributed by atoms with Crippen molar-refractivity contribution in [3.63, 3.8) is 0 Å². The van der Waals surface area contributed by atoms with Gasteiger partial charge in [-0.1, -0.05) is 6.92 Å². The fourth-order valence-electron chi connectivity index (χ4n) is 2.29. The Hall–Kier alpha value is -2.30. The molecule has 0 aliphatic carbocycles. The van der Waals surface area contributed by atoms with Gasteiger partial charge in [0.1, 0.15) is 12.3 Å². The molecule has 2 aromatic carbocycles. The van der Waals surface area contributed by atoms with E-state index in [-0.39, 0.29) is 5.75 Å². The van der Waals surface area contributed by atoms with Gasteiger partial charge in [0, 0.05) is 4.90 Å². The number of halogens is 5. The molecular formula is C20H21F5NO5PS. The first-order valence-electron chi connectivity index (χ1n) is 9.65. The number of carbonyl (C=O) groups is 1. The summed E-state index contributed by atoms with van der Waals surface area (Å²) in [4.78, 5) is 12.6. The zero-order valence-corrected chi connectivity index (χ0v) is 19.5. The third-order valence-corrected chi connectivity index (χ3v) is 6.32. The van der Waals surface area contributed by atoms with Gasteiger partial charge in [-0.25, -0.2) is 17.7 Å². The van der Waals surface area contributed by atoms with Crippen LogP contribution in [0.3, 0.4) is 0 Å². The number of rotatable bonds is 11. The summed E-state index contributed by atoms with van der Waals surface area (Å²) in [7, 11) is -4.90. The van der Waals surface area contributed by atoms with Gasteiger partial charge >= 0.3 is 13.7 Å². The summed E-state index contributed by atoms with van der Waals surface area (Å²) in [6.07, 6.45) is 0.383. The molecule has 2 aromatic rings. The van der Waals surface area contributed by atoms with Crippen molar-refractivity contribution in [3.05, 3.63) is 53.4 Å². The number of benzene rings is 2. The van der Waals surface area contributed by atoms with E-state index in [2.05, 4.69) is 4.52 Å². The van der Waals surface area contributed by atoms with Crippen LogP contribution in [0, 0.1) is 29.1 Å². The van der Waals surface area contributed by atoms with Gasteiger partial charge in [-0.2, -0.15) is 13.9 Å². The van der Waals surface area contributed by atoms with Gasteiger partial charge in [-0.15, -0.1) is 11.8 Å². The largest absolute Gasteiger partial charge is 0.513 e. The molecule has 2 rings (SSSR count). The zero-order chi connectivity index (χ0) is 24.8. The van der Waals surface area contributed by atoms with Gasteiger partial charge in [0.2, 0.25) is 34.8 Å². The molecule has 0 spiro atoms. The predicted molar refractivity (Wildman–Crippen MR) is 112 cm³/mol. The minimum atomic E-state index is -4.90. The number of hydrogen-bond donors (Lipinski definition) is 1. The van der Waals surface area contributed by atoms with Crippen molar-refractivity contribution in [2.45, 2.75) is 38.2 Å². The third-order valence-electron chi connectivity index (χ3n) is 3.69. The molecule has 0 heterocycles. The maximum Gasteiger partial charge on any atom is 0.513 e. The molecule has 0 aliphatic heterocycles. The van der Waals surface area contributed by atoms with E-state index in [0.29, 0.717) is 0 Å². The lowest BCUT2D eigenvalue weighted by molar-refractivity contribution is -0.145.